The number of ether oxygens (including phenoxy) is 1. The summed E-state index contributed by atoms with van der Waals surface area (Å²) in [7, 11) is 1.37. The summed E-state index contributed by atoms with van der Waals surface area (Å²) in [6.45, 7) is 8.87. The minimum absolute atomic E-state index is 0.137. The van der Waals surface area contributed by atoms with Crippen molar-refractivity contribution in [3.63, 3.8) is 0 Å². The first kappa shape index (κ1) is 17.6. The molecule has 2 aromatic rings. The van der Waals surface area contributed by atoms with E-state index in [1.54, 1.807) is 6.20 Å². The number of hydrogen-bond acceptors (Lipinski definition) is 6. The van der Waals surface area contributed by atoms with E-state index in [0.29, 0.717) is 5.76 Å². The summed E-state index contributed by atoms with van der Waals surface area (Å²) >= 11 is 0. The molecule has 0 aliphatic carbocycles. The van der Waals surface area contributed by atoms with E-state index in [9.17, 15) is 4.79 Å². The van der Waals surface area contributed by atoms with Crippen LogP contribution in [0.1, 0.15) is 40.4 Å². The minimum Gasteiger partial charge on any atom is -0.463 e. The fraction of sp³-hybridized carbons (Fsp3) is 0.474. The van der Waals surface area contributed by atoms with Crippen LogP contribution in [0.15, 0.2) is 35.0 Å². The second kappa shape index (κ2) is 7.80. The molecule has 3 rings (SSSR count). The number of piperazine rings is 1. The van der Waals surface area contributed by atoms with Gasteiger partial charge in [0.1, 0.15) is 5.76 Å². The van der Waals surface area contributed by atoms with Gasteiger partial charge in [0, 0.05) is 50.7 Å². The number of aryl methyl sites for hydroxylation is 1. The summed E-state index contributed by atoms with van der Waals surface area (Å²) in [5, 5.41) is 0. The first-order valence-corrected chi connectivity index (χ1v) is 8.62. The quantitative estimate of drug-likeness (QED) is 0.778. The maximum Gasteiger partial charge on any atom is 0.374 e. The molecule has 0 spiro atoms. The van der Waals surface area contributed by atoms with Gasteiger partial charge in [-0.2, -0.15) is 0 Å². The van der Waals surface area contributed by atoms with Gasteiger partial charge < -0.3 is 9.15 Å². The van der Waals surface area contributed by atoms with Crippen LogP contribution in [-0.4, -0.2) is 54.0 Å². The Hall–Kier alpha value is -2.18. The Morgan fingerprint density at radius 1 is 1.36 bits per heavy atom. The lowest BCUT2D eigenvalue weighted by atomic mass is 10.1. The number of furan rings is 1. The zero-order valence-corrected chi connectivity index (χ0v) is 15.1. The third-order valence-electron chi connectivity index (χ3n) is 4.80. The first-order chi connectivity index (χ1) is 12.1. The molecule has 3 heterocycles. The van der Waals surface area contributed by atoms with Gasteiger partial charge in [0.15, 0.2) is 0 Å². The number of carbonyl (C=O) groups is 1. The topological polar surface area (TPSA) is 58.8 Å². The third-order valence-corrected chi connectivity index (χ3v) is 4.80. The van der Waals surface area contributed by atoms with E-state index >= 15 is 0 Å². The largest absolute Gasteiger partial charge is 0.463 e. The molecule has 1 atom stereocenters. The number of hydrogen-bond donors (Lipinski definition) is 0. The van der Waals surface area contributed by atoms with Gasteiger partial charge in [0.05, 0.1) is 13.2 Å². The van der Waals surface area contributed by atoms with Gasteiger partial charge in [0.25, 0.3) is 0 Å². The van der Waals surface area contributed by atoms with Crippen molar-refractivity contribution in [2.45, 2.75) is 26.4 Å². The summed E-state index contributed by atoms with van der Waals surface area (Å²) < 4.78 is 10.5. The Bertz CT molecular complexity index is 706. The summed E-state index contributed by atoms with van der Waals surface area (Å²) in [5.74, 6) is 0.704. The normalized spacial score (nSPS) is 17.4. The molecule has 6 heteroatoms. The van der Waals surface area contributed by atoms with Crippen LogP contribution >= 0.6 is 0 Å². The zero-order chi connectivity index (χ0) is 17.8. The van der Waals surface area contributed by atoms with Gasteiger partial charge in [-0.15, -0.1) is 0 Å². The molecule has 6 nitrogen and oxygen atoms in total. The number of nitrogens with zero attached hydrogens (tertiary/aromatic N) is 3. The zero-order valence-electron chi connectivity index (χ0n) is 15.1. The lowest BCUT2D eigenvalue weighted by Gasteiger charge is -2.37. The maximum atomic E-state index is 11.7. The molecule has 0 bridgehead atoms. The monoisotopic (exact) mass is 343 g/mol. The van der Waals surface area contributed by atoms with Gasteiger partial charge in [-0.3, -0.25) is 14.8 Å². The highest BCUT2D eigenvalue weighted by molar-refractivity contribution is 5.87. The number of methoxy groups -OCH3 is 1. The molecular weight excluding hydrogens is 318 g/mol. The fourth-order valence-electron chi connectivity index (χ4n) is 3.25. The molecule has 1 aliphatic heterocycles. The summed E-state index contributed by atoms with van der Waals surface area (Å²) in [5.41, 5.74) is 2.07. The second-order valence-corrected chi connectivity index (χ2v) is 6.50. The summed E-state index contributed by atoms with van der Waals surface area (Å²) in [6, 6.07) is 6.17. The van der Waals surface area contributed by atoms with Crippen LogP contribution in [0, 0.1) is 6.92 Å². The van der Waals surface area contributed by atoms with Crippen molar-refractivity contribution in [3.8, 4) is 0 Å². The molecule has 1 fully saturated rings. The van der Waals surface area contributed by atoms with E-state index in [4.69, 9.17) is 9.15 Å². The SMILES string of the molecule is COC(=O)c1oc([C@H](C)N2CCN(Cc3cccnc3)CC2)cc1C. The van der Waals surface area contributed by atoms with Crippen LogP contribution in [0.4, 0.5) is 0 Å². The predicted octanol–water partition coefficient (Wildman–Crippen LogP) is 2.65. The molecule has 0 unspecified atom stereocenters. The lowest BCUT2D eigenvalue weighted by molar-refractivity contribution is 0.0551. The van der Waals surface area contributed by atoms with Crippen molar-refractivity contribution in [1.29, 1.82) is 0 Å². The molecule has 0 radical (unpaired) electrons. The molecule has 0 amide bonds. The Morgan fingerprint density at radius 3 is 2.76 bits per heavy atom. The van der Waals surface area contributed by atoms with Crippen molar-refractivity contribution < 1.29 is 13.9 Å². The van der Waals surface area contributed by atoms with E-state index in [-0.39, 0.29) is 6.04 Å². The number of pyridine rings is 1. The van der Waals surface area contributed by atoms with Crippen LogP contribution in [0.5, 0.6) is 0 Å². The fourth-order valence-corrected chi connectivity index (χ4v) is 3.25. The second-order valence-electron chi connectivity index (χ2n) is 6.50. The standard InChI is InChI=1S/C19H25N3O3/c1-14-11-17(25-18(14)19(23)24-3)15(2)22-9-7-21(8-10-22)13-16-5-4-6-20-12-16/h4-6,11-12,15H,7-10,13H2,1-3H3/t15-/m0/s1. The van der Waals surface area contributed by atoms with Crippen LogP contribution in [0.2, 0.25) is 0 Å². The summed E-state index contributed by atoms with van der Waals surface area (Å²) in [6.07, 6.45) is 3.73. The Labute approximate surface area is 148 Å². The van der Waals surface area contributed by atoms with Crippen LogP contribution in [0.3, 0.4) is 0 Å². The lowest BCUT2D eigenvalue weighted by Crippen LogP contribution is -2.46. The molecule has 134 valence electrons. The Morgan fingerprint density at radius 2 is 2.12 bits per heavy atom. The van der Waals surface area contributed by atoms with Crippen LogP contribution < -0.4 is 0 Å². The highest BCUT2D eigenvalue weighted by Gasteiger charge is 2.26. The van der Waals surface area contributed by atoms with Gasteiger partial charge in [-0.1, -0.05) is 6.07 Å². The predicted molar refractivity (Wildman–Crippen MR) is 94.3 cm³/mol. The van der Waals surface area contributed by atoms with Crippen molar-refractivity contribution in [3.05, 3.63) is 53.2 Å². The maximum absolute atomic E-state index is 11.7. The average Bonchev–Trinajstić information content (AvgIpc) is 3.04. The van der Waals surface area contributed by atoms with Crippen molar-refractivity contribution in [2.24, 2.45) is 0 Å². The van der Waals surface area contributed by atoms with Crippen LogP contribution in [0.25, 0.3) is 0 Å². The highest BCUT2D eigenvalue weighted by Crippen LogP contribution is 2.26. The van der Waals surface area contributed by atoms with Gasteiger partial charge in [-0.05, 0) is 31.5 Å². The van der Waals surface area contributed by atoms with Gasteiger partial charge in [-0.25, -0.2) is 4.79 Å². The molecule has 0 aromatic carbocycles. The molecule has 25 heavy (non-hydrogen) atoms. The van der Waals surface area contributed by atoms with E-state index in [0.717, 1.165) is 44.0 Å². The Balaban J connectivity index is 1.58. The molecular formula is C19H25N3O3. The highest BCUT2D eigenvalue weighted by atomic mass is 16.5. The van der Waals surface area contributed by atoms with Gasteiger partial charge in [0.2, 0.25) is 5.76 Å². The molecule has 1 saturated heterocycles. The number of esters is 1. The first-order valence-electron chi connectivity index (χ1n) is 8.62. The number of carbonyl (C=O) groups excluding carboxylic acids is 1. The van der Waals surface area contributed by atoms with E-state index in [1.807, 2.05) is 25.3 Å². The van der Waals surface area contributed by atoms with Crippen LogP contribution in [-0.2, 0) is 11.3 Å². The molecule has 1 aliphatic rings. The van der Waals surface area contributed by atoms with E-state index < -0.39 is 5.97 Å². The van der Waals surface area contributed by atoms with Crippen molar-refractivity contribution >= 4 is 5.97 Å². The Kier molecular flexibility index (Phi) is 5.50. The van der Waals surface area contributed by atoms with Crippen molar-refractivity contribution in [2.75, 3.05) is 33.3 Å². The smallest absolute Gasteiger partial charge is 0.374 e. The molecule has 0 N–H and O–H groups in total. The van der Waals surface area contributed by atoms with E-state index in [2.05, 4.69) is 27.8 Å². The minimum atomic E-state index is -0.419. The van der Waals surface area contributed by atoms with Crippen molar-refractivity contribution in [1.82, 2.24) is 14.8 Å². The molecule has 2 aromatic heterocycles. The van der Waals surface area contributed by atoms with Gasteiger partial charge >= 0.3 is 5.97 Å². The third kappa shape index (κ3) is 4.08. The average molecular weight is 343 g/mol. The number of rotatable bonds is 5. The summed E-state index contributed by atoms with van der Waals surface area (Å²) in [4.78, 5) is 20.7. The molecule has 0 saturated carbocycles. The number of aromatic nitrogens is 1. The van der Waals surface area contributed by atoms with E-state index in [1.165, 1.54) is 12.7 Å².